The number of hydrogen-bond acceptors (Lipinski definition) is 0. The highest BCUT2D eigenvalue weighted by Gasteiger charge is 2.13. The Morgan fingerprint density at radius 3 is 1.48 bits per heavy atom. The molecular formula is C31H38F2. The van der Waals surface area contributed by atoms with Crippen molar-refractivity contribution in [3.8, 4) is 11.1 Å². The van der Waals surface area contributed by atoms with Gasteiger partial charge in [0, 0.05) is 0 Å². The Morgan fingerprint density at radius 1 is 0.455 bits per heavy atom. The lowest BCUT2D eigenvalue weighted by atomic mass is 9.97. The predicted octanol–water partition coefficient (Wildman–Crippen LogP) is 9.27. The van der Waals surface area contributed by atoms with Gasteiger partial charge in [-0.15, -0.1) is 0 Å². The van der Waals surface area contributed by atoms with Crippen molar-refractivity contribution in [2.45, 2.75) is 84.5 Å². The molecule has 0 fully saturated rings. The Bertz CT molecular complexity index is 971. The number of halogens is 2. The molecule has 0 radical (unpaired) electrons. The molecule has 0 N–H and O–H groups in total. The summed E-state index contributed by atoms with van der Waals surface area (Å²) in [6, 6.07) is 20.8. The molecule has 0 heterocycles. The maximum atomic E-state index is 14.4. The lowest BCUT2D eigenvalue weighted by Crippen LogP contribution is -2.01. The number of unbranched alkanes of at least 4 members (excludes halogenated alkanes) is 5. The van der Waals surface area contributed by atoms with Crippen molar-refractivity contribution in [2.75, 3.05) is 0 Å². The van der Waals surface area contributed by atoms with E-state index in [0.29, 0.717) is 30.4 Å². The smallest absolute Gasteiger partial charge is 0.162 e. The van der Waals surface area contributed by atoms with E-state index in [1.54, 1.807) is 12.1 Å². The van der Waals surface area contributed by atoms with Crippen molar-refractivity contribution < 1.29 is 8.78 Å². The van der Waals surface area contributed by atoms with Crippen LogP contribution in [0.4, 0.5) is 8.78 Å². The molecule has 0 bridgehead atoms. The second kappa shape index (κ2) is 13.3. The minimum Gasteiger partial charge on any atom is -0.203 e. The summed E-state index contributed by atoms with van der Waals surface area (Å²) < 4.78 is 28.6. The molecule has 0 saturated carbocycles. The highest BCUT2D eigenvalue weighted by molar-refractivity contribution is 5.64. The zero-order chi connectivity index (χ0) is 23.5. The Labute approximate surface area is 199 Å². The maximum absolute atomic E-state index is 14.4. The highest BCUT2D eigenvalue weighted by Crippen LogP contribution is 2.23. The molecule has 3 aromatic rings. The minimum atomic E-state index is -0.682. The molecule has 0 atom stereocenters. The first-order chi connectivity index (χ1) is 16.1. The van der Waals surface area contributed by atoms with Gasteiger partial charge in [0.1, 0.15) is 0 Å². The molecule has 176 valence electrons. The third-order valence-corrected chi connectivity index (χ3v) is 6.50. The van der Waals surface area contributed by atoms with Gasteiger partial charge in [-0.25, -0.2) is 8.78 Å². The summed E-state index contributed by atoms with van der Waals surface area (Å²) in [5, 5.41) is 0. The van der Waals surface area contributed by atoms with Gasteiger partial charge >= 0.3 is 0 Å². The average molecular weight is 449 g/mol. The Balaban J connectivity index is 1.51. The largest absolute Gasteiger partial charge is 0.203 e. The molecule has 0 saturated heterocycles. The normalized spacial score (nSPS) is 11.2. The van der Waals surface area contributed by atoms with Gasteiger partial charge in [-0.05, 0) is 65.5 Å². The van der Waals surface area contributed by atoms with E-state index in [1.807, 2.05) is 6.92 Å². The van der Waals surface area contributed by atoms with Gasteiger partial charge in [-0.1, -0.05) is 113 Å². The van der Waals surface area contributed by atoms with Crippen LogP contribution in [0.25, 0.3) is 11.1 Å². The summed E-state index contributed by atoms with van der Waals surface area (Å²) in [7, 11) is 0. The van der Waals surface area contributed by atoms with E-state index in [0.717, 1.165) is 18.4 Å². The summed E-state index contributed by atoms with van der Waals surface area (Å²) in [5.41, 5.74) is 5.87. The molecule has 0 nitrogen and oxygen atoms in total. The summed E-state index contributed by atoms with van der Waals surface area (Å²) in [6.45, 7) is 4.23. The van der Waals surface area contributed by atoms with Gasteiger partial charge in [0.25, 0.3) is 0 Å². The lowest BCUT2D eigenvalue weighted by molar-refractivity contribution is 0.488. The van der Waals surface area contributed by atoms with E-state index < -0.39 is 11.6 Å². The second-order valence-corrected chi connectivity index (χ2v) is 9.17. The Hall–Kier alpha value is -2.48. The zero-order valence-corrected chi connectivity index (χ0v) is 20.3. The molecule has 0 aliphatic rings. The third-order valence-electron chi connectivity index (χ3n) is 6.50. The van der Waals surface area contributed by atoms with Gasteiger partial charge in [-0.2, -0.15) is 0 Å². The van der Waals surface area contributed by atoms with Gasteiger partial charge in [0.2, 0.25) is 0 Å². The molecule has 0 aliphatic heterocycles. The fourth-order valence-electron chi connectivity index (χ4n) is 4.40. The van der Waals surface area contributed by atoms with Crippen molar-refractivity contribution in [2.24, 2.45) is 0 Å². The summed E-state index contributed by atoms with van der Waals surface area (Å²) >= 11 is 0. The van der Waals surface area contributed by atoms with Crippen LogP contribution in [-0.2, 0) is 25.7 Å². The monoisotopic (exact) mass is 448 g/mol. The van der Waals surface area contributed by atoms with Crippen LogP contribution in [0.15, 0.2) is 60.7 Å². The van der Waals surface area contributed by atoms with Crippen molar-refractivity contribution in [3.05, 3.63) is 94.6 Å². The SMILES string of the molecule is CCCCCCCCc1ccc(-c2ccc(CCc3ccc(CCC)c(F)c3F)cc2)cc1. The van der Waals surface area contributed by atoms with Crippen LogP contribution in [0.2, 0.25) is 0 Å². The van der Waals surface area contributed by atoms with E-state index in [2.05, 4.69) is 55.5 Å². The standard InChI is InChI=1S/C31H38F2/c1-3-5-6-7-8-9-11-24-12-17-26(18-13-24)27-19-14-25(15-20-27)16-21-29-23-22-28(10-4-2)30(32)31(29)33/h12-15,17-20,22-23H,3-11,16,21H2,1-2H3. The molecule has 2 heteroatoms. The van der Waals surface area contributed by atoms with Crippen LogP contribution in [0, 0.1) is 11.6 Å². The van der Waals surface area contributed by atoms with Crippen molar-refractivity contribution in [3.63, 3.8) is 0 Å². The Kier molecular flexibility index (Phi) is 10.1. The van der Waals surface area contributed by atoms with Crippen LogP contribution in [0.5, 0.6) is 0 Å². The molecule has 0 amide bonds. The summed E-state index contributed by atoms with van der Waals surface area (Å²) in [6.07, 6.45) is 11.7. The molecule has 0 spiro atoms. The topological polar surface area (TPSA) is 0 Å². The fraction of sp³-hybridized carbons (Fsp3) is 0.419. The van der Waals surface area contributed by atoms with E-state index in [4.69, 9.17) is 0 Å². The lowest BCUT2D eigenvalue weighted by Gasteiger charge is -2.09. The second-order valence-electron chi connectivity index (χ2n) is 9.17. The Morgan fingerprint density at radius 2 is 0.939 bits per heavy atom. The first-order valence-corrected chi connectivity index (χ1v) is 12.8. The summed E-state index contributed by atoms with van der Waals surface area (Å²) in [4.78, 5) is 0. The molecular weight excluding hydrogens is 410 g/mol. The molecule has 3 aromatic carbocycles. The minimum absolute atomic E-state index is 0.456. The van der Waals surface area contributed by atoms with E-state index in [9.17, 15) is 8.78 Å². The molecule has 33 heavy (non-hydrogen) atoms. The van der Waals surface area contributed by atoms with E-state index >= 15 is 0 Å². The maximum Gasteiger partial charge on any atom is 0.162 e. The van der Waals surface area contributed by atoms with Crippen LogP contribution in [0.3, 0.4) is 0 Å². The van der Waals surface area contributed by atoms with Crippen LogP contribution < -0.4 is 0 Å². The molecule has 0 aliphatic carbocycles. The number of benzene rings is 3. The average Bonchev–Trinajstić information content (AvgIpc) is 2.85. The number of hydrogen-bond donors (Lipinski definition) is 0. The first-order valence-electron chi connectivity index (χ1n) is 12.8. The van der Waals surface area contributed by atoms with E-state index in [1.165, 1.54) is 55.2 Å². The molecule has 0 unspecified atom stereocenters. The molecule has 3 rings (SSSR count). The molecule has 0 aromatic heterocycles. The van der Waals surface area contributed by atoms with Crippen LogP contribution in [-0.4, -0.2) is 0 Å². The van der Waals surface area contributed by atoms with E-state index in [-0.39, 0.29) is 0 Å². The van der Waals surface area contributed by atoms with Crippen LogP contribution >= 0.6 is 0 Å². The van der Waals surface area contributed by atoms with Crippen molar-refractivity contribution in [1.82, 2.24) is 0 Å². The number of aryl methyl sites for hydroxylation is 4. The van der Waals surface area contributed by atoms with Gasteiger partial charge in [-0.3, -0.25) is 0 Å². The van der Waals surface area contributed by atoms with Crippen LogP contribution in [0.1, 0.15) is 81.0 Å². The number of rotatable bonds is 13. The summed E-state index contributed by atoms with van der Waals surface area (Å²) in [5.74, 6) is -1.36. The fourth-order valence-corrected chi connectivity index (χ4v) is 4.40. The first kappa shape index (κ1) is 25.1. The van der Waals surface area contributed by atoms with Gasteiger partial charge in [0.15, 0.2) is 11.6 Å². The van der Waals surface area contributed by atoms with Gasteiger partial charge in [0.05, 0.1) is 0 Å². The zero-order valence-electron chi connectivity index (χ0n) is 20.3. The predicted molar refractivity (Wildman–Crippen MR) is 137 cm³/mol. The van der Waals surface area contributed by atoms with Gasteiger partial charge < -0.3 is 0 Å². The quantitative estimate of drug-likeness (QED) is 0.229. The third kappa shape index (κ3) is 7.52. The van der Waals surface area contributed by atoms with Crippen molar-refractivity contribution in [1.29, 1.82) is 0 Å². The highest BCUT2D eigenvalue weighted by atomic mass is 19.2. The van der Waals surface area contributed by atoms with Crippen molar-refractivity contribution >= 4 is 0 Å².